The van der Waals surface area contributed by atoms with Crippen LogP contribution in [0.15, 0.2) is 18.2 Å². The Balaban J connectivity index is 2.65. The Morgan fingerprint density at radius 3 is 1.77 bits per heavy atom. The highest BCUT2D eigenvalue weighted by atomic mass is 31.2. The number of aryl methyl sites for hydroxylation is 1. The van der Waals surface area contributed by atoms with E-state index in [0.717, 1.165) is 36.8 Å². The Kier molecular flexibility index (Phi) is 12.2. The molecule has 0 radical (unpaired) electrons. The number of benzene rings is 1. The van der Waals surface area contributed by atoms with E-state index in [9.17, 15) is 14.4 Å². The van der Waals surface area contributed by atoms with Crippen LogP contribution in [0.2, 0.25) is 0 Å². The van der Waals surface area contributed by atoms with Crippen molar-refractivity contribution >= 4 is 12.9 Å². The molecule has 0 saturated heterocycles. The minimum absolute atomic E-state index is 0.0366. The molecule has 0 spiro atoms. The Labute approximate surface area is 160 Å². The quantitative estimate of drug-likeness (QED) is 0.317. The van der Waals surface area contributed by atoms with E-state index in [-0.39, 0.29) is 5.30 Å². The standard InChI is InChI=1S/C22H39O3P/c1-3-5-7-9-11-13-16-20-17-15-19-22(26(23,24)25)21(20)18-14-12-10-8-6-4-2/h15,17,19H,3-14,16,18H2,1-2H3,(H2,23,24,25)/p-2. The molecule has 0 fully saturated rings. The fourth-order valence-corrected chi connectivity index (χ4v) is 4.43. The Hall–Kier alpha value is -0.630. The van der Waals surface area contributed by atoms with Crippen molar-refractivity contribution in [2.75, 3.05) is 0 Å². The smallest absolute Gasteiger partial charge is 0.0122 e. The molecular formula is C22H37O3P-2. The number of hydrogen-bond acceptors (Lipinski definition) is 3. The van der Waals surface area contributed by atoms with Gasteiger partial charge in [-0.25, -0.2) is 0 Å². The van der Waals surface area contributed by atoms with Crippen LogP contribution in [0.4, 0.5) is 0 Å². The SMILES string of the molecule is CCCCCCCCc1cccc(P(=O)([O-])[O-])c1CCCCCCCC. The molecule has 0 aliphatic rings. The van der Waals surface area contributed by atoms with Crippen molar-refractivity contribution < 1.29 is 14.4 Å². The zero-order valence-corrected chi connectivity index (χ0v) is 17.7. The Morgan fingerprint density at radius 2 is 1.23 bits per heavy atom. The summed E-state index contributed by atoms with van der Waals surface area (Å²) in [4.78, 5) is 23.4. The van der Waals surface area contributed by atoms with Gasteiger partial charge in [-0.3, -0.25) is 0 Å². The third kappa shape index (κ3) is 9.35. The molecule has 1 rings (SSSR count). The largest absolute Gasteiger partial charge is 0.807 e. The van der Waals surface area contributed by atoms with Crippen LogP contribution in [-0.2, 0) is 17.4 Å². The van der Waals surface area contributed by atoms with E-state index in [0.29, 0.717) is 6.42 Å². The van der Waals surface area contributed by atoms with Crippen molar-refractivity contribution in [3.05, 3.63) is 29.3 Å². The third-order valence-corrected chi connectivity index (χ3v) is 6.13. The number of hydrogen-bond donors (Lipinski definition) is 0. The highest BCUT2D eigenvalue weighted by molar-refractivity contribution is 7.57. The van der Waals surface area contributed by atoms with Crippen LogP contribution in [0.3, 0.4) is 0 Å². The zero-order valence-electron chi connectivity index (χ0n) is 16.8. The van der Waals surface area contributed by atoms with Crippen LogP contribution in [0.5, 0.6) is 0 Å². The van der Waals surface area contributed by atoms with Gasteiger partial charge in [0.25, 0.3) is 0 Å². The van der Waals surface area contributed by atoms with Crippen LogP contribution >= 0.6 is 7.60 Å². The lowest BCUT2D eigenvalue weighted by Crippen LogP contribution is -2.28. The van der Waals surface area contributed by atoms with Crippen LogP contribution < -0.4 is 15.1 Å². The summed E-state index contributed by atoms with van der Waals surface area (Å²) in [5.74, 6) is 0. The molecule has 1 aromatic carbocycles. The van der Waals surface area contributed by atoms with E-state index in [4.69, 9.17) is 0 Å². The van der Waals surface area contributed by atoms with E-state index in [1.165, 1.54) is 63.9 Å². The molecule has 0 amide bonds. The Bertz CT molecular complexity index is 536. The molecule has 3 nitrogen and oxygen atoms in total. The van der Waals surface area contributed by atoms with Crippen LogP contribution in [0.25, 0.3) is 0 Å². The molecule has 0 bridgehead atoms. The summed E-state index contributed by atoms with van der Waals surface area (Å²) in [6.45, 7) is 4.41. The van der Waals surface area contributed by atoms with Gasteiger partial charge in [-0.2, -0.15) is 0 Å². The highest BCUT2D eigenvalue weighted by Gasteiger charge is 2.11. The molecule has 0 heterocycles. The van der Waals surface area contributed by atoms with Gasteiger partial charge in [0, 0.05) is 0 Å². The summed E-state index contributed by atoms with van der Waals surface area (Å²) in [5.41, 5.74) is 1.86. The summed E-state index contributed by atoms with van der Waals surface area (Å²) < 4.78 is 11.7. The van der Waals surface area contributed by atoms with Crippen LogP contribution in [0.1, 0.15) is 102 Å². The maximum Gasteiger partial charge on any atom is -0.0122 e. The molecule has 0 aromatic heterocycles. The van der Waals surface area contributed by atoms with Crippen molar-refractivity contribution in [2.45, 2.75) is 104 Å². The lowest BCUT2D eigenvalue weighted by Gasteiger charge is -2.33. The first-order valence-electron chi connectivity index (χ1n) is 10.6. The molecule has 0 saturated carbocycles. The van der Waals surface area contributed by atoms with Gasteiger partial charge in [-0.05, 0) is 49.7 Å². The molecular weight excluding hydrogens is 343 g/mol. The number of rotatable bonds is 15. The maximum atomic E-state index is 11.7. The average molecular weight is 381 g/mol. The van der Waals surface area contributed by atoms with E-state index in [2.05, 4.69) is 13.8 Å². The van der Waals surface area contributed by atoms with E-state index >= 15 is 0 Å². The van der Waals surface area contributed by atoms with Crippen molar-refractivity contribution in [3.8, 4) is 0 Å². The fourth-order valence-electron chi connectivity index (χ4n) is 3.58. The minimum atomic E-state index is -4.70. The lowest BCUT2D eigenvalue weighted by molar-refractivity contribution is -0.308. The van der Waals surface area contributed by atoms with Gasteiger partial charge in [0.05, 0.1) is 0 Å². The van der Waals surface area contributed by atoms with Gasteiger partial charge in [0.15, 0.2) is 0 Å². The van der Waals surface area contributed by atoms with Gasteiger partial charge < -0.3 is 14.4 Å². The summed E-state index contributed by atoms with van der Waals surface area (Å²) in [6.07, 6.45) is 15.9. The first kappa shape index (κ1) is 23.4. The van der Waals surface area contributed by atoms with Gasteiger partial charge in [-0.15, -0.1) is 0 Å². The second-order valence-electron chi connectivity index (χ2n) is 7.45. The molecule has 1 aromatic rings. The first-order chi connectivity index (χ1) is 12.5. The maximum absolute atomic E-state index is 11.7. The van der Waals surface area contributed by atoms with Gasteiger partial charge >= 0.3 is 0 Å². The van der Waals surface area contributed by atoms with Crippen LogP contribution in [0, 0.1) is 0 Å². The molecule has 0 N–H and O–H groups in total. The summed E-state index contributed by atoms with van der Waals surface area (Å²) >= 11 is 0. The number of unbranched alkanes of at least 4 members (excludes halogenated alkanes) is 10. The second kappa shape index (κ2) is 13.5. The topological polar surface area (TPSA) is 63.2 Å². The first-order valence-corrected chi connectivity index (χ1v) is 12.2. The van der Waals surface area contributed by atoms with Crippen molar-refractivity contribution in [1.82, 2.24) is 0 Å². The monoisotopic (exact) mass is 380 g/mol. The second-order valence-corrected chi connectivity index (χ2v) is 8.92. The van der Waals surface area contributed by atoms with Crippen molar-refractivity contribution in [3.63, 3.8) is 0 Å². The fraction of sp³-hybridized carbons (Fsp3) is 0.727. The summed E-state index contributed by atoms with van der Waals surface area (Å²) in [6, 6.07) is 5.24. The van der Waals surface area contributed by atoms with Crippen molar-refractivity contribution in [2.24, 2.45) is 0 Å². The van der Waals surface area contributed by atoms with Crippen molar-refractivity contribution in [1.29, 1.82) is 0 Å². The molecule has 0 atom stereocenters. The normalized spacial score (nSPS) is 11.8. The van der Waals surface area contributed by atoms with E-state index in [1.807, 2.05) is 6.07 Å². The molecule has 26 heavy (non-hydrogen) atoms. The van der Waals surface area contributed by atoms with Crippen LogP contribution in [-0.4, -0.2) is 0 Å². The highest BCUT2D eigenvalue weighted by Crippen LogP contribution is 2.28. The van der Waals surface area contributed by atoms with Gasteiger partial charge in [0.1, 0.15) is 0 Å². The predicted octanol–water partition coefficient (Wildman–Crippen LogP) is 5.03. The Morgan fingerprint density at radius 1 is 0.731 bits per heavy atom. The molecule has 150 valence electrons. The third-order valence-electron chi connectivity index (χ3n) is 5.12. The summed E-state index contributed by atoms with van der Waals surface area (Å²) in [7, 11) is -4.70. The molecule has 0 aliphatic heterocycles. The molecule has 4 heteroatoms. The average Bonchev–Trinajstić information content (AvgIpc) is 2.60. The van der Waals surface area contributed by atoms with Gasteiger partial charge in [0.2, 0.25) is 0 Å². The van der Waals surface area contributed by atoms with E-state index in [1.54, 1.807) is 6.07 Å². The minimum Gasteiger partial charge on any atom is -0.807 e. The molecule has 0 aliphatic carbocycles. The zero-order chi connectivity index (χ0) is 19.3. The predicted molar refractivity (Wildman–Crippen MR) is 108 cm³/mol. The molecule has 0 unspecified atom stereocenters. The lowest BCUT2D eigenvalue weighted by atomic mass is 9.96. The summed E-state index contributed by atoms with van der Waals surface area (Å²) in [5, 5.41) is 0.0366. The van der Waals surface area contributed by atoms with E-state index < -0.39 is 7.60 Å². The van der Waals surface area contributed by atoms with Gasteiger partial charge in [-0.1, -0.05) is 96.3 Å².